The van der Waals surface area contributed by atoms with Crippen molar-refractivity contribution in [2.45, 2.75) is 115 Å². The van der Waals surface area contributed by atoms with Crippen molar-refractivity contribution >= 4 is 0 Å². The minimum Gasteiger partial charge on any atom is -0.393 e. The summed E-state index contributed by atoms with van der Waals surface area (Å²) in [5.41, 5.74) is 9.52. The molecule has 8 unspecified atom stereocenters. The number of hydrogen-bond donors (Lipinski definition) is 3. The molecule has 10 atom stereocenters. The predicted molar refractivity (Wildman–Crippen MR) is 139 cm³/mol. The van der Waals surface area contributed by atoms with Gasteiger partial charge in [-0.25, -0.2) is 0 Å². The van der Waals surface area contributed by atoms with E-state index in [-0.39, 0.29) is 40.6 Å². The molecule has 0 radical (unpaired) electrons. The standard InChI is InChI=1S/C30H48N2O3/c1-18-14-26-28(5,32(17-18)13-12-31)20(3)30(35-26)11-8-24-23(19(30)2)16-25-27(4)9-7-22(33)15-21(27)6-10-29(24,25)34/h6,18,20,22,24-26,33-34H,7-17,31H2,1-5H3/t18?,20-,22?,24?,25?,26?,27-,28?,29?,30?/m1/s1. The van der Waals surface area contributed by atoms with Crippen molar-refractivity contribution in [2.75, 3.05) is 19.6 Å². The van der Waals surface area contributed by atoms with Crippen molar-refractivity contribution in [3.8, 4) is 0 Å². The lowest BCUT2D eigenvalue weighted by molar-refractivity contribution is -0.102. The minimum absolute atomic E-state index is 0.000509. The molecule has 196 valence electrons. The molecule has 6 rings (SSSR count). The number of rotatable bonds is 2. The van der Waals surface area contributed by atoms with E-state index in [2.05, 4.69) is 45.6 Å². The molecule has 0 aromatic carbocycles. The normalized spacial score (nSPS) is 53.8. The molecule has 2 heterocycles. The topological polar surface area (TPSA) is 79.0 Å². The summed E-state index contributed by atoms with van der Waals surface area (Å²) in [4.78, 5) is 2.64. The van der Waals surface area contributed by atoms with Crippen LogP contribution in [-0.4, -0.2) is 63.7 Å². The Labute approximate surface area is 212 Å². The Hall–Kier alpha value is -0.720. The molecule has 0 amide bonds. The minimum atomic E-state index is -0.655. The van der Waals surface area contributed by atoms with Gasteiger partial charge in [-0.1, -0.05) is 38.0 Å². The molecule has 4 N–H and O–H groups in total. The number of nitrogens with zero attached hydrogens (tertiary/aromatic N) is 1. The molecule has 6 aliphatic rings. The average molecular weight is 485 g/mol. The SMILES string of the molecule is CC1=C2CC3C(O)(CC=C4CC(O)CC[C@]43C)C2CCC12OC1CC(C)CN(CCN)C1(C)[C@H]2C. The summed E-state index contributed by atoms with van der Waals surface area (Å²) in [6.07, 6.45) is 9.80. The lowest BCUT2D eigenvalue weighted by Crippen LogP contribution is -2.62. The van der Waals surface area contributed by atoms with Gasteiger partial charge in [-0.3, -0.25) is 4.90 Å². The van der Waals surface area contributed by atoms with Gasteiger partial charge in [0.2, 0.25) is 0 Å². The predicted octanol–water partition coefficient (Wildman–Crippen LogP) is 4.18. The van der Waals surface area contributed by atoms with Gasteiger partial charge in [0.15, 0.2) is 0 Å². The third-order valence-electron chi connectivity index (χ3n) is 12.4. The van der Waals surface area contributed by atoms with Crippen LogP contribution in [0.1, 0.15) is 86.0 Å². The van der Waals surface area contributed by atoms with Gasteiger partial charge >= 0.3 is 0 Å². The number of fused-ring (bicyclic) bond motifs is 6. The van der Waals surface area contributed by atoms with Gasteiger partial charge in [-0.15, -0.1) is 0 Å². The first-order chi connectivity index (χ1) is 16.5. The summed E-state index contributed by atoms with van der Waals surface area (Å²) in [5.74, 6) is 1.49. The molecule has 35 heavy (non-hydrogen) atoms. The molecule has 0 aromatic rings. The first-order valence-corrected chi connectivity index (χ1v) is 14.4. The van der Waals surface area contributed by atoms with Crippen LogP contribution in [-0.2, 0) is 4.74 Å². The van der Waals surface area contributed by atoms with Crippen LogP contribution < -0.4 is 5.73 Å². The fraction of sp³-hybridized carbons (Fsp3) is 0.867. The van der Waals surface area contributed by atoms with E-state index in [1.165, 1.54) is 16.7 Å². The number of aliphatic hydroxyl groups excluding tert-OH is 1. The third-order valence-corrected chi connectivity index (χ3v) is 12.4. The first-order valence-electron chi connectivity index (χ1n) is 14.4. The van der Waals surface area contributed by atoms with Crippen molar-refractivity contribution in [2.24, 2.45) is 34.8 Å². The highest BCUT2D eigenvalue weighted by molar-refractivity contribution is 5.42. The van der Waals surface area contributed by atoms with Gasteiger partial charge in [0.05, 0.1) is 23.4 Å². The van der Waals surface area contributed by atoms with Crippen LogP contribution in [0.15, 0.2) is 22.8 Å². The second-order valence-electron chi connectivity index (χ2n) is 13.8. The number of aliphatic hydroxyl groups is 2. The van der Waals surface area contributed by atoms with E-state index in [9.17, 15) is 10.2 Å². The van der Waals surface area contributed by atoms with E-state index in [1.807, 2.05) is 0 Å². The Morgan fingerprint density at radius 1 is 1.17 bits per heavy atom. The van der Waals surface area contributed by atoms with Crippen LogP contribution in [0.2, 0.25) is 0 Å². The fourth-order valence-electron chi connectivity index (χ4n) is 10.2. The van der Waals surface area contributed by atoms with Gasteiger partial charge < -0.3 is 20.7 Å². The van der Waals surface area contributed by atoms with Crippen LogP contribution in [0.3, 0.4) is 0 Å². The van der Waals surface area contributed by atoms with E-state index in [4.69, 9.17) is 10.5 Å². The van der Waals surface area contributed by atoms with Gasteiger partial charge in [-0.05, 0) is 82.1 Å². The van der Waals surface area contributed by atoms with E-state index >= 15 is 0 Å². The molecule has 4 fully saturated rings. The van der Waals surface area contributed by atoms with Crippen LogP contribution in [0.25, 0.3) is 0 Å². The first kappa shape index (κ1) is 24.6. The number of likely N-dealkylation sites (tertiary alicyclic amines) is 1. The second-order valence-corrected chi connectivity index (χ2v) is 13.8. The lowest BCUT2D eigenvalue weighted by atomic mass is 9.55. The molecule has 4 aliphatic carbocycles. The van der Waals surface area contributed by atoms with Crippen LogP contribution in [0, 0.1) is 29.1 Å². The van der Waals surface area contributed by atoms with Gasteiger partial charge in [0.25, 0.3) is 0 Å². The largest absolute Gasteiger partial charge is 0.393 e. The smallest absolute Gasteiger partial charge is 0.0940 e. The summed E-state index contributed by atoms with van der Waals surface area (Å²) in [6.45, 7) is 14.7. The highest BCUT2D eigenvalue weighted by atomic mass is 16.5. The summed E-state index contributed by atoms with van der Waals surface area (Å²) >= 11 is 0. The monoisotopic (exact) mass is 484 g/mol. The zero-order valence-corrected chi connectivity index (χ0v) is 22.6. The Balaban J connectivity index is 1.39. The Morgan fingerprint density at radius 3 is 2.69 bits per heavy atom. The third kappa shape index (κ3) is 3.05. The highest BCUT2D eigenvalue weighted by Gasteiger charge is 2.68. The summed E-state index contributed by atoms with van der Waals surface area (Å²) in [5, 5.41) is 22.6. The Bertz CT molecular complexity index is 961. The highest BCUT2D eigenvalue weighted by Crippen LogP contribution is 2.67. The molecule has 1 spiro atoms. The molecule has 2 saturated carbocycles. The van der Waals surface area contributed by atoms with E-state index in [0.717, 1.165) is 64.5 Å². The van der Waals surface area contributed by atoms with Crippen molar-refractivity contribution in [1.29, 1.82) is 0 Å². The number of piperidine rings is 1. The average Bonchev–Trinajstić information content (AvgIpc) is 3.24. The molecule has 2 aliphatic heterocycles. The van der Waals surface area contributed by atoms with Crippen molar-refractivity contribution < 1.29 is 14.9 Å². The van der Waals surface area contributed by atoms with Crippen molar-refractivity contribution in [3.05, 3.63) is 22.8 Å². The lowest BCUT2D eigenvalue weighted by Gasteiger charge is -2.53. The molecule has 0 aromatic heterocycles. The quantitative estimate of drug-likeness (QED) is 0.513. The molecule has 0 bridgehead atoms. The van der Waals surface area contributed by atoms with Crippen LogP contribution >= 0.6 is 0 Å². The van der Waals surface area contributed by atoms with Crippen LogP contribution in [0.4, 0.5) is 0 Å². The summed E-state index contributed by atoms with van der Waals surface area (Å²) in [7, 11) is 0. The summed E-state index contributed by atoms with van der Waals surface area (Å²) in [6, 6.07) is 0. The molecule has 2 saturated heterocycles. The molecular formula is C30H48N2O3. The molecular weight excluding hydrogens is 436 g/mol. The number of nitrogens with two attached hydrogens (primary N) is 1. The van der Waals surface area contributed by atoms with Crippen molar-refractivity contribution in [1.82, 2.24) is 4.90 Å². The Morgan fingerprint density at radius 2 is 1.94 bits per heavy atom. The fourth-order valence-corrected chi connectivity index (χ4v) is 10.2. The summed E-state index contributed by atoms with van der Waals surface area (Å²) < 4.78 is 7.24. The maximum atomic E-state index is 12.3. The molecule has 5 heteroatoms. The zero-order valence-electron chi connectivity index (χ0n) is 22.6. The maximum Gasteiger partial charge on any atom is 0.0940 e. The van der Waals surface area contributed by atoms with Gasteiger partial charge in [-0.2, -0.15) is 0 Å². The van der Waals surface area contributed by atoms with Gasteiger partial charge in [0.1, 0.15) is 0 Å². The zero-order chi connectivity index (χ0) is 25.0. The van der Waals surface area contributed by atoms with E-state index in [1.54, 1.807) is 0 Å². The second kappa shape index (κ2) is 7.89. The Kier molecular flexibility index (Phi) is 5.55. The van der Waals surface area contributed by atoms with Crippen molar-refractivity contribution in [3.63, 3.8) is 0 Å². The number of ether oxygens (including phenoxy) is 1. The van der Waals surface area contributed by atoms with E-state index in [0.29, 0.717) is 18.4 Å². The van der Waals surface area contributed by atoms with Crippen LogP contribution in [0.5, 0.6) is 0 Å². The maximum absolute atomic E-state index is 12.3. The van der Waals surface area contributed by atoms with E-state index < -0.39 is 5.60 Å². The molecule has 5 nitrogen and oxygen atoms in total. The van der Waals surface area contributed by atoms with Gasteiger partial charge in [0, 0.05) is 42.9 Å². The number of hydrogen-bond acceptors (Lipinski definition) is 5.